The molecule has 64 valence electrons. The second-order valence-corrected chi connectivity index (χ2v) is 2.33. The molecule has 1 N–H and O–H groups in total. The first-order chi connectivity index (χ1) is 4.25. The third-order valence-corrected chi connectivity index (χ3v) is 0.877. The van der Waals surface area contributed by atoms with Gasteiger partial charge in [-0.3, -0.25) is 4.55 Å². The third-order valence-electron chi connectivity index (χ3n) is 0.292. The number of halogens is 3. The van der Waals surface area contributed by atoms with Crippen LogP contribution in [0.25, 0.3) is 0 Å². The molecule has 3 nitrogen and oxygen atoms in total. The Morgan fingerprint density at radius 2 is 1.40 bits per heavy atom. The Kier molecular flexibility index (Phi) is 4.95. The van der Waals surface area contributed by atoms with Crippen LogP contribution in [0.3, 0.4) is 0 Å². The summed E-state index contributed by atoms with van der Waals surface area (Å²) in [5, 5.41) is 0. The van der Waals surface area contributed by atoms with Crippen molar-refractivity contribution < 1.29 is 26.1 Å². The fourth-order valence-corrected chi connectivity index (χ4v) is 0. The molecular formula is C2H7F3O3SSi. The van der Waals surface area contributed by atoms with E-state index in [1.807, 2.05) is 0 Å². The monoisotopic (exact) mass is 196 g/mol. The summed E-state index contributed by atoms with van der Waals surface area (Å²) in [4.78, 5) is 0. The second-order valence-electron chi connectivity index (χ2n) is 0.921. The predicted octanol–water partition coefficient (Wildman–Crippen LogP) is -0.206. The predicted molar refractivity (Wildman–Crippen MR) is 33.4 cm³/mol. The fourth-order valence-electron chi connectivity index (χ4n) is 0. The highest BCUT2D eigenvalue weighted by atomic mass is 32.2. The maximum absolute atomic E-state index is 10.7. The van der Waals surface area contributed by atoms with E-state index in [9.17, 15) is 13.2 Å². The lowest BCUT2D eigenvalue weighted by Crippen LogP contribution is -2.21. The molecule has 0 unspecified atom stereocenters. The van der Waals surface area contributed by atoms with Crippen molar-refractivity contribution in [3.8, 4) is 0 Å². The quantitative estimate of drug-likeness (QED) is 0.331. The smallest absolute Gasteiger partial charge is 0.279 e. The molecule has 0 aromatic carbocycles. The highest BCUT2D eigenvalue weighted by Crippen LogP contribution is 2.20. The van der Waals surface area contributed by atoms with E-state index >= 15 is 0 Å². The lowest BCUT2D eigenvalue weighted by Gasteiger charge is -1.97. The van der Waals surface area contributed by atoms with Gasteiger partial charge in [-0.05, 0) is 10.2 Å². The van der Waals surface area contributed by atoms with Gasteiger partial charge in [-0.25, -0.2) is 0 Å². The summed E-state index contributed by atoms with van der Waals surface area (Å²) in [5.74, 6) is 0. The Bertz CT molecular complexity index is 171. The molecule has 10 heavy (non-hydrogen) atoms. The molecule has 0 spiro atoms. The van der Waals surface area contributed by atoms with E-state index in [4.69, 9.17) is 13.0 Å². The molecule has 8 heteroatoms. The molecule has 0 bridgehead atoms. The van der Waals surface area contributed by atoms with Gasteiger partial charge in [0.1, 0.15) is 0 Å². The van der Waals surface area contributed by atoms with Crippen LogP contribution in [0.15, 0.2) is 0 Å². The van der Waals surface area contributed by atoms with Gasteiger partial charge in [0.2, 0.25) is 0 Å². The highest BCUT2D eigenvalue weighted by Gasteiger charge is 2.44. The van der Waals surface area contributed by atoms with E-state index in [1.54, 1.807) is 0 Å². The van der Waals surface area contributed by atoms with E-state index < -0.39 is 15.6 Å². The van der Waals surface area contributed by atoms with Gasteiger partial charge in [0.15, 0.2) is 0 Å². The molecule has 0 fully saturated rings. The molecule has 0 radical (unpaired) electrons. The summed E-state index contributed by atoms with van der Waals surface area (Å²) < 4.78 is 57.5. The summed E-state index contributed by atoms with van der Waals surface area (Å²) in [6.45, 7) is 2.14. The summed E-state index contributed by atoms with van der Waals surface area (Å²) in [7, 11) is -4.53. The Morgan fingerprint density at radius 1 is 1.30 bits per heavy atom. The summed E-state index contributed by atoms with van der Waals surface area (Å²) in [5.41, 5.74) is -5.53. The SMILES string of the molecule is C[SiH3].O=S(=O)(O)C(F)(F)F. The van der Waals surface area contributed by atoms with Crippen LogP contribution in [-0.4, -0.2) is 28.7 Å². The van der Waals surface area contributed by atoms with Crippen molar-refractivity contribution in [1.29, 1.82) is 0 Å². The first-order valence-corrected chi connectivity index (χ1v) is 5.73. The van der Waals surface area contributed by atoms with Gasteiger partial charge < -0.3 is 0 Å². The van der Waals surface area contributed by atoms with Crippen LogP contribution in [-0.2, 0) is 10.1 Å². The van der Waals surface area contributed by atoms with Crippen LogP contribution < -0.4 is 0 Å². The highest BCUT2D eigenvalue weighted by molar-refractivity contribution is 7.86. The fraction of sp³-hybridized carbons (Fsp3) is 1.00. The summed E-state index contributed by atoms with van der Waals surface area (Å²) in [6.07, 6.45) is 0. The number of rotatable bonds is 0. The molecule has 0 saturated carbocycles. The van der Waals surface area contributed by atoms with Crippen LogP contribution in [0.5, 0.6) is 0 Å². The minimum Gasteiger partial charge on any atom is -0.279 e. The van der Waals surface area contributed by atoms with Gasteiger partial charge in [0, 0.05) is 0 Å². The Balaban J connectivity index is 0. The largest absolute Gasteiger partial charge is 0.522 e. The first-order valence-electron chi connectivity index (χ1n) is 2.29. The van der Waals surface area contributed by atoms with E-state index in [-0.39, 0.29) is 0 Å². The average Bonchev–Trinajstić information content (AvgIpc) is 1.66. The van der Waals surface area contributed by atoms with E-state index in [2.05, 4.69) is 6.55 Å². The van der Waals surface area contributed by atoms with Crippen LogP contribution in [0.1, 0.15) is 0 Å². The topological polar surface area (TPSA) is 54.4 Å². The van der Waals surface area contributed by atoms with Crippen LogP contribution in [0, 0.1) is 0 Å². The lowest BCUT2D eigenvalue weighted by atomic mass is 11.6. The maximum atomic E-state index is 10.7. The van der Waals surface area contributed by atoms with Crippen molar-refractivity contribution in [3.63, 3.8) is 0 Å². The van der Waals surface area contributed by atoms with Crippen molar-refractivity contribution in [2.24, 2.45) is 0 Å². The molecule has 0 aromatic rings. The maximum Gasteiger partial charge on any atom is 0.522 e. The summed E-state index contributed by atoms with van der Waals surface area (Å²) in [6, 6.07) is 0. The Labute approximate surface area is 59.4 Å². The molecule has 0 aliphatic carbocycles. The molecule has 0 aromatic heterocycles. The van der Waals surface area contributed by atoms with Crippen molar-refractivity contribution in [2.75, 3.05) is 0 Å². The Hall–Kier alpha value is -0.0831. The third kappa shape index (κ3) is 4.76. The van der Waals surface area contributed by atoms with Crippen molar-refractivity contribution in [2.45, 2.75) is 12.1 Å². The van der Waals surface area contributed by atoms with Crippen LogP contribution >= 0.6 is 0 Å². The van der Waals surface area contributed by atoms with Gasteiger partial charge in [0.05, 0.1) is 0 Å². The molecular weight excluding hydrogens is 189 g/mol. The van der Waals surface area contributed by atoms with Gasteiger partial charge >= 0.3 is 15.6 Å². The zero-order valence-electron chi connectivity index (χ0n) is 5.31. The van der Waals surface area contributed by atoms with Gasteiger partial charge in [0.25, 0.3) is 0 Å². The zero-order valence-corrected chi connectivity index (χ0v) is 8.12. The number of alkyl halides is 3. The van der Waals surface area contributed by atoms with Gasteiger partial charge in [-0.2, -0.15) is 21.6 Å². The van der Waals surface area contributed by atoms with Crippen LogP contribution in [0.4, 0.5) is 13.2 Å². The minimum atomic E-state index is -5.84. The number of hydrogen-bond acceptors (Lipinski definition) is 2. The lowest BCUT2D eigenvalue weighted by molar-refractivity contribution is -0.0510. The van der Waals surface area contributed by atoms with Crippen LogP contribution in [0.2, 0.25) is 6.55 Å². The molecule has 0 heterocycles. The standard InChI is InChI=1S/CHF3O3S.CH6Si/c2-1(3,4)8(5,6)7;1-2/h(H,5,6,7);1-2H3. The average molecular weight is 196 g/mol. The molecule has 0 saturated heterocycles. The molecule has 0 amide bonds. The second kappa shape index (κ2) is 3.94. The minimum absolute atomic E-state index is 1.31. The van der Waals surface area contributed by atoms with Crippen molar-refractivity contribution in [1.82, 2.24) is 0 Å². The normalized spacial score (nSPS) is 12.1. The number of hydrogen-bond donors (Lipinski definition) is 1. The zero-order chi connectivity index (χ0) is 9.00. The summed E-state index contributed by atoms with van der Waals surface area (Å²) >= 11 is 0. The van der Waals surface area contributed by atoms with E-state index in [0.717, 1.165) is 0 Å². The van der Waals surface area contributed by atoms with Crippen molar-refractivity contribution >= 4 is 20.4 Å². The molecule has 0 rings (SSSR count). The Morgan fingerprint density at radius 3 is 1.40 bits per heavy atom. The first kappa shape index (κ1) is 12.6. The van der Waals surface area contributed by atoms with Crippen molar-refractivity contribution in [3.05, 3.63) is 0 Å². The molecule has 0 aliphatic rings. The molecule has 0 atom stereocenters. The van der Waals surface area contributed by atoms with E-state index in [0.29, 0.717) is 0 Å². The van der Waals surface area contributed by atoms with E-state index in [1.165, 1.54) is 10.2 Å². The van der Waals surface area contributed by atoms with Gasteiger partial charge in [-0.1, -0.05) is 6.55 Å². The molecule has 0 aliphatic heterocycles. The van der Waals surface area contributed by atoms with Gasteiger partial charge in [-0.15, -0.1) is 0 Å².